The van der Waals surface area contributed by atoms with Gasteiger partial charge in [0.1, 0.15) is 0 Å². The van der Waals surface area contributed by atoms with Crippen molar-refractivity contribution in [3.8, 4) is 0 Å². The van der Waals surface area contributed by atoms with Crippen LogP contribution in [0.3, 0.4) is 0 Å². The van der Waals surface area contributed by atoms with E-state index in [9.17, 15) is 28.1 Å². The maximum atomic E-state index is 13.2. The molecule has 0 saturated carbocycles. The molecule has 0 saturated heterocycles. The van der Waals surface area contributed by atoms with E-state index in [-0.39, 0.29) is 21.7 Å². The van der Waals surface area contributed by atoms with Crippen LogP contribution in [0.1, 0.15) is 47.8 Å². The molecule has 0 amide bonds. The number of benzene rings is 2. The smallest absolute Gasteiger partial charge is 0.337 e. The van der Waals surface area contributed by atoms with Crippen LogP contribution in [0.4, 0.5) is 5.69 Å². The number of rotatable bonds is 9. The number of sulfonamides is 1. The van der Waals surface area contributed by atoms with E-state index < -0.39 is 45.5 Å². The summed E-state index contributed by atoms with van der Waals surface area (Å²) in [5.41, 5.74) is -0.00251. The number of nitrogens with zero attached hydrogens (tertiary/aromatic N) is 1. The van der Waals surface area contributed by atoms with Gasteiger partial charge in [0.05, 0.1) is 41.1 Å². The van der Waals surface area contributed by atoms with Gasteiger partial charge in [0, 0.05) is 11.6 Å². The van der Waals surface area contributed by atoms with Crippen LogP contribution < -0.4 is 4.72 Å². The van der Waals surface area contributed by atoms with E-state index in [0.717, 1.165) is 6.07 Å². The molecule has 0 aromatic heterocycles. The largest absolute Gasteiger partial charge is 0.465 e. The predicted octanol–water partition coefficient (Wildman–Crippen LogP) is 3.05. The SMILES string of the molecule is COC(=O)c1ccc(C)c(S(=O)(=O)NC(CC(=O)OC(C)C)c2ccccc2[N+](=O)[O-])c1. The van der Waals surface area contributed by atoms with Crippen molar-refractivity contribution in [3.05, 3.63) is 69.3 Å². The number of carbonyl (C=O) groups is 2. The zero-order valence-electron chi connectivity index (χ0n) is 18.0. The fraction of sp³-hybridized carbons (Fsp3) is 0.333. The van der Waals surface area contributed by atoms with E-state index in [1.807, 2.05) is 0 Å². The lowest BCUT2D eigenvalue weighted by Gasteiger charge is -2.20. The molecule has 172 valence electrons. The molecule has 2 aromatic carbocycles. The second-order valence-corrected chi connectivity index (χ2v) is 8.89. The van der Waals surface area contributed by atoms with Crippen molar-refractivity contribution in [2.24, 2.45) is 0 Å². The first kappa shape index (κ1) is 25.0. The Hall–Kier alpha value is -3.31. The van der Waals surface area contributed by atoms with E-state index in [0.29, 0.717) is 5.56 Å². The summed E-state index contributed by atoms with van der Waals surface area (Å²) in [7, 11) is -3.14. The average Bonchev–Trinajstić information content (AvgIpc) is 2.72. The van der Waals surface area contributed by atoms with E-state index in [2.05, 4.69) is 9.46 Å². The molecule has 0 radical (unpaired) electrons. The Morgan fingerprint density at radius 1 is 1.16 bits per heavy atom. The molecule has 0 heterocycles. The van der Waals surface area contributed by atoms with Crippen LogP contribution in [0.15, 0.2) is 47.4 Å². The minimum atomic E-state index is -4.31. The highest BCUT2D eigenvalue weighted by molar-refractivity contribution is 7.89. The van der Waals surface area contributed by atoms with Gasteiger partial charge in [-0.2, -0.15) is 0 Å². The summed E-state index contributed by atoms with van der Waals surface area (Å²) < 4.78 is 38.5. The normalized spacial score (nSPS) is 12.3. The number of ether oxygens (including phenoxy) is 2. The molecule has 1 N–H and O–H groups in total. The number of aryl methyl sites for hydroxylation is 1. The van der Waals surface area contributed by atoms with Gasteiger partial charge in [-0.05, 0) is 38.5 Å². The van der Waals surface area contributed by atoms with Crippen LogP contribution in [0.5, 0.6) is 0 Å². The summed E-state index contributed by atoms with van der Waals surface area (Å²) in [4.78, 5) is 34.8. The number of carbonyl (C=O) groups excluding carboxylic acids is 2. The number of hydrogen-bond donors (Lipinski definition) is 1. The number of nitrogens with one attached hydrogen (secondary N) is 1. The molecule has 0 aliphatic rings. The van der Waals surface area contributed by atoms with Crippen molar-refractivity contribution in [3.63, 3.8) is 0 Å². The quantitative estimate of drug-likeness (QED) is 0.339. The Balaban J connectivity index is 2.53. The maximum absolute atomic E-state index is 13.2. The fourth-order valence-corrected chi connectivity index (χ4v) is 4.51. The Labute approximate surface area is 185 Å². The van der Waals surface area contributed by atoms with Gasteiger partial charge < -0.3 is 9.47 Å². The molecule has 0 aliphatic carbocycles. The molecular weight excluding hydrogens is 440 g/mol. The van der Waals surface area contributed by atoms with Crippen molar-refractivity contribution in [2.45, 2.75) is 44.2 Å². The summed E-state index contributed by atoms with van der Waals surface area (Å²) in [6.07, 6.45) is -0.928. The minimum Gasteiger partial charge on any atom is -0.465 e. The standard InChI is InChI=1S/C21H24N2O8S/c1-13(2)31-20(24)12-17(16-7-5-6-8-18(16)23(26)27)22-32(28,29)19-11-15(21(25)30-4)10-9-14(19)3/h5-11,13,17,22H,12H2,1-4H3. The van der Waals surface area contributed by atoms with Gasteiger partial charge in [-0.1, -0.05) is 24.3 Å². The molecule has 32 heavy (non-hydrogen) atoms. The minimum absolute atomic E-state index is 0.00329. The monoisotopic (exact) mass is 464 g/mol. The van der Waals surface area contributed by atoms with E-state index in [4.69, 9.17) is 4.74 Å². The molecule has 1 unspecified atom stereocenters. The molecule has 0 fully saturated rings. The zero-order valence-corrected chi connectivity index (χ0v) is 18.8. The van der Waals surface area contributed by atoms with Crippen molar-refractivity contribution >= 4 is 27.6 Å². The zero-order chi connectivity index (χ0) is 24.1. The first-order valence-electron chi connectivity index (χ1n) is 9.60. The van der Waals surface area contributed by atoms with Crippen molar-refractivity contribution in [1.82, 2.24) is 4.72 Å². The number of esters is 2. The van der Waals surface area contributed by atoms with E-state index >= 15 is 0 Å². The lowest BCUT2D eigenvalue weighted by molar-refractivity contribution is -0.385. The summed E-state index contributed by atoms with van der Waals surface area (Å²) in [6.45, 7) is 4.79. The van der Waals surface area contributed by atoms with Gasteiger partial charge in [0.15, 0.2) is 0 Å². The summed E-state index contributed by atoms with van der Waals surface area (Å²) in [6, 6.07) is 8.23. The first-order valence-corrected chi connectivity index (χ1v) is 11.1. The average molecular weight is 464 g/mol. The number of nitro groups is 1. The second-order valence-electron chi connectivity index (χ2n) is 7.20. The van der Waals surface area contributed by atoms with Crippen molar-refractivity contribution in [2.75, 3.05) is 7.11 Å². The summed E-state index contributed by atoms with van der Waals surface area (Å²) in [5, 5.41) is 11.5. The topological polar surface area (TPSA) is 142 Å². The van der Waals surface area contributed by atoms with Gasteiger partial charge in [-0.15, -0.1) is 0 Å². The van der Waals surface area contributed by atoms with Gasteiger partial charge in [0.2, 0.25) is 10.0 Å². The van der Waals surface area contributed by atoms with Gasteiger partial charge in [-0.25, -0.2) is 17.9 Å². The third-order valence-electron chi connectivity index (χ3n) is 4.44. The lowest BCUT2D eigenvalue weighted by Crippen LogP contribution is -2.32. The molecule has 2 aromatic rings. The fourth-order valence-electron chi connectivity index (χ4n) is 3.03. The van der Waals surface area contributed by atoms with Crippen LogP contribution in [0.2, 0.25) is 0 Å². The van der Waals surface area contributed by atoms with Crippen LogP contribution >= 0.6 is 0 Å². The van der Waals surface area contributed by atoms with Crippen LogP contribution in [-0.4, -0.2) is 38.5 Å². The lowest BCUT2D eigenvalue weighted by atomic mass is 10.0. The van der Waals surface area contributed by atoms with E-state index in [1.54, 1.807) is 13.8 Å². The Morgan fingerprint density at radius 2 is 1.81 bits per heavy atom. The number of hydrogen-bond acceptors (Lipinski definition) is 8. The van der Waals surface area contributed by atoms with Crippen LogP contribution in [0, 0.1) is 17.0 Å². The van der Waals surface area contributed by atoms with Crippen LogP contribution in [-0.2, 0) is 24.3 Å². The summed E-state index contributed by atoms with van der Waals surface area (Å²) >= 11 is 0. The third kappa shape index (κ3) is 6.11. The molecule has 1 atom stereocenters. The summed E-state index contributed by atoms with van der Waals surface area (Å²) in [5.74, 6) is -1.46. The Morgan fingerprint density at radius 3 is 2.41 bits per heavy atom. The molecule has 0 aliphatic heterocycles. The third-order valence-corrected chi connectivity index (χ3v) is 6.06. The number of methoxy groups -OCH3 is 1. The van der Waals surface area contributed by atoms with Crippen LogP contribution in [0.25, 0.3) is 0 Å². The molecule has 0 spiro atoms. The molecule has 10 nitrogen and oxygen atoms in total. The molecular formula is C21H24N2O8S. The Bertz CT molecular complexity index is 1130. The molecule has 0 bridgehead atoms. The first-order chi connectivity index (χ1) is 15.0. The number of para-hydroxylation sites is 1. The van der Waals surface area contributed by atoms with Gasteiger partial charge in [-0.3, -0.25) is 14.9 Å². The number of nitro benzene ring substituents is 1. The van der Waals surface area contributed by atoms with Gasteiger partial charge in [0.25, 0.3) is 5.69 Å². The van der Waals surface area contributed by atoms with Crippen molar-refractivity contribution < 1.29 is 32.4 Å². The van der Waals surface area contributed by atoms with E-state index in [1.165, 1.54) is 50.4 Å². The Kier molecular flexibility index (Phi) is 8.06. The molecule has 2 rings (SSSR count). The van der Waals surface area contributed by atoms with Crippen molar-refractivity contribution in [1.29, 1.82) is 0 Å². The maximum Gasteiger partial charge on any atom is 0.337 e. The highest BCUT2D eigenvalue weighted by Crippen LogP contribution is 2.30. The highest BCUT2D eigenvalue weighted by Gasteiger charge is 2.30. The molecule has 11 heteroatoms. The van der Waals surface area contributed by atoms with Gasteiger partial charge >= 0.3 is 11.9 Å². The predicted molar refractivity (Wildman–Crippen MR) is 115 cm³/mol. The highest BCUT2D eigenvalue weighted by atomic mass is 32.2. The second kappa shape index (κ2) is 10.3.